The summed E-state index contributed by atoms with van der Waals surface area (Å²) >= 11 is 4.61. The fourth-order valence-corrected chi connectivity index (χ4v) is 6.15. The Labute approximate surface area is 684 Å². The predicted molar refractivity (Wildman–Crippen MR) is 282 cm³/mol. The summed E-state index contributed by atoms with van der Waals surface area (Å²) in [6, 6.07) is 12.2. The van der Waals surface area contributed by atoms with Gasteiger partial charge in [0, 0.05) is 319 Å². The third-order valence-corrected chi connectivity index (χ3v) is 10.8. The molecule has 0 spiro atoms. The molecule has 10 heterocycles. The van der Waals surface area contributed by atoms with Gasteiger partial charge in [0.2, 0.25) is 0 Å². The molecule has 79 heavy (non-hydrogen) atoms. The molecule has 0 aliphatic carbocycles. The normalized spacial score (nSPS) is 8.52. The van der Waals surface area contributed by atoms with Crippen molar-refractivity contribution in [2.24, 2.45) is 35.2 Å². The van der Waals surface area contributed by atoms with Crippen molar-refractivity contribution >= 4 is 34.2 Å². The maximum atomic E-state index is 4.92. The summed E-state index contributed by atoms with van der Waals surface area (Å²) in [6.07, 6.45) is 19.4. The van der Waals surface area contributed by atoms with E-state index in [2.05, 4.69) is 131 Å². The third kappa shape index (κ3) is 49.8. The van der Waals surface area contributed by atoms with Crippen LogP contribution in [-0.2, 0) is 297 Å². The summed E-state index contributed by atoms with van der Waals surface area (Å²) in [6.45, 7) is 31.3. The van der Waals surface area contributed by atoms with E-state index in [1.165, 1.54) is 39.0 Å². The van der Waals surface area contributed by atoms with Crippen molar-refractivity contribution in [1.82, 2.24) is 73.4 Å². The standard InChI is InChI=1S/C7H10N.2C6H9N2.C6H9N.C5H6NO.2C5H6NS.C4H6N3.C4H5NO.C3H3N2S.8Y/c1-6-4-7(2)8(3)5-6;1-5-4-7-8(3)6(5)2;1-5-4-6(2)8(3)7-5;1-6-4-3-5-7(6)2;1-4-3-6-5(2)7-4;1-4-3-7-5(2)6-4;1-4-3-6-5(2)7-4;1-4-3-5-7(2)6-4;1-4-2-3-5-6-4;1-3-2-4-5-6-3;;;;;;;;/h5H,1-3H3;2*1-3H3;3-5H,1-2H3;4*1-2H3;2-3H,1H3;1H3;;;;;;;;/q3*-1;;4*-1;;-1;;;;;;;;. The van der Waals surface area contributed by atoms with Crippen LogP contribution in [0.4, 0.5) is 0 Å². The second-order valence-corrected chi connectivity index (χ2v) is 18.8. The molecule has 0 unspecified atom stereocenters. The fourth-order valence-electron chi connectivity index (χ4n) is 4.71. The van der Waals surface area contributed by atoms with Crippen LogP contribution in [0.5, 0.6) is 0 Å². The Morgan fingerprint density at radius 1 is 0.570 bits per heavy atom. The SMILES string of the molecule is Cc1[c-]c(C)n(C)c1.Cc1[c-]c(C)n(C)n1.Cc1[c-]nc(C)o1.Cc1[c-]nc(C)s1.Cc1[c-]nn(C)c1C.Cc1[c-]nn(C)n1.Cc1[c-]nns1.Cc1[c-]sc(C)n1.Cc1cccn1C.Cc1ccno1.[Y].[Y].[Y].[Y].[Y].[Y].[Y].[Y]. The van der Waals surface area contributed by atoms with Gasteiger partial charge in [0.05, 0.1) is 6.20 Å². The Hall–Kier alpha value is 2.19. The van der Waals surface area contributed by atoms with Crippen LogP contribution >= 0.6 is 34.2 Å². The van der Waals surface area contributed by atoms with Gasteiger partial charge in [-0.1, -0.05) is 112 Å². The van der Waals surface area contributed by atoms with Gasteiger partial charge in [0.1, 0.15) is 5.76 Å². The minimum absolute atomic E-state index is 0. The predicted octanol–water partition coefficient (Wildman–Crippen LogP) is 10.2. The van der Waals surface area contributed by atoms with Gasteiger partial charge in [-0.3, -0.25) is 0 Å². The van der Waals surface area contributed by atoms with Crippen LogP contribution in [0.1, 0.15) is 88.2 Å². The number of hydrogen-bond donors (Lipinski definition) is 0. The maximum absolute atomic E-state index is 4.92. The van der Waals surface area contributed by atoms with Crippen molar-refractivity contribution < 1.29 is 271 Å². The average Bonchev–Trinajstić information content (AvgIpc) is 4.18. The summed E-state index contributed by atoms with van der Waals surface area (Å²) in [7, 11) is 9.66. The zero-order chi connectivity index (χ0) is 53.6. The number of rotatable bonds is 0. The fraction of sp³-hybridized carbons (Fsp3) is 0.412. The van der Waals surface area contributed by atoms with Gasteiger partial charge in [-0.15, -0.1) is 56.9 Å². The van der Waals surface area contributed by atoms with Crippen molar-refractivity contribution in [3.05, 3.63) is 173 Å². The Balaban J connectivity index is -0.000000117. The van der Waals surface area contributed by atoms with Crippen LogP contribution in [0, 0.1) is 159 Å². The number of hydrogen-bond acceptors (Lipinski definition) is 15. The molecule has 0 amide bonds. The van der Waals surface area contributed by atoms with Crippen LogP contribution in [0.15, 0.2) is 45.7 Å². The zero-order valence-corrected chi connectivity index (χ0v) is 75.0. The van der Waals surface area contributed by atoms with Crippen LogP contribution in [-0.4, -0.2) is 73.4 Å². The van der Waals surface area contributed by atoms with E-state index < -0.39 is 0 Å². The Morgan fingerprint density at radius 2 is 1.20 bits per heavy atom. The Morgan fingerprint density at radius 3 is 1.33 bits per heavy atom. The number of oxazole rings is 1. The van der Waals surface area contributed by atoms with Crippen LogP contribution in [0.2, 0.25) is 0 Å². The molecule has 0 saturated heterocycles. The molecule has 0 aliphatic heterocycles. The molecule has 0 aromatic carbocycles. The first-order valence-corrected chi connectivity index (χ1v) is 24.4. The van der Waals surface area contributed by atoms with Gasteiger partial charge in [0.25, 0.3) is 0 Å². The van der Waals surface area contributed by atoms with E-state index in [1.54, 1.807) is 48.9 Å². The minimum Gasteiger partial charge on any atom is -0.551 e. The molecule has 0 saturated carbocycles. The molecule has 0 aliphatic rings. The Kier molecular flexibility index (Phi) is 69.9. The van der Waals surface area contributed by atoms with E-state index in [1.807, 2.05) is 147 Å². The van der Waals surface area contributed by atoms with Gasteiger partial charge in [0.15, 0.2) is 0 Å². The minimum atomic E-state index is 0. The van der Waals surface area contributed by atoms with E-state index in [0.29, 0.717) is 5.89 Å². The van der Waals surface area contributed by atoms with E-state index in [-0.39, 0.29) is 262 Å². The van der Waals surface area contributed by atoms with E-state index in [0.717, 1.165) is 59.6 Å². The molecule has 410 valence electrons. The van der Waals surface area contributed by atoms with Crippen molar-refractivity contribution in [3.8, 4) is 0 Å². The summed E-state index contributed by atoms with van der Waals surface area (Å²) in [4.78, 5) is 15.4. The summed E-state index contributed by atoms with van der Waals surface area (Å²) in [5, 5.41) is 27.6. The Bertz CT molecular complexity index is 2530. The van der Waals surface area contributed by atoms with Gasteiger partial charge in [-0.25, -0.2) is 38.0 Å². The molecule has 10 rings (SSSR count). The first kappa shape index (κ1) is 97.5. The number of thiazole rings is 2. The van der Waals surface area contributed by atoms with E-state index >= 15 is 0 Å². The first-order chi connectivity index (χ1) is 33.4. The van der Waals surface area contributed by atoms with Crippen molar-refractivity contribution in [3.63, 3.8) is 0 Å². The van der Waals surface area contributed by atoms with Crippen LogP contribution in [0.25, 0.3) is 0 Å². The molecule has 0 bridgehead atoms. The molecule has 0 fully saturated rings. The van der Waals surface area contributed by atoms with E-state index in [4.69, 9.17) is 4.42 Å². The molecule has 0 N–H and O–H groups in total. The van der Waals surface area contributed by atoms with Crippen LogP contribution in [0.3, 0.4) is 0 Å². The molecular weight excluding hydrogens is 1660 g/mol. The first-order valence-electron chi connectivity index (χ1n) is 22.0. The summed E-state index contributed by atoms with van der Waals surface area (Å²) < 4.78 is 20.8. The maximum Gasteiger partial charge on any atom is 0.133 e. The summed E-state index contributed by atoms with van der Waals surface area (Å²) in [5.74, 6) is 2.28. The molecular formula is C51H69N15O2S3Y8-8. The van der Waals surface area contributed by atoms with Gasteiger partial charge < -0.3 is 87.5 Å². The zero-order valence-electron chi connectivity index (χ0n) is 49.8. The summed E-state index contributed by atoms with van der Waals surface area (Å²) in [5.41, 5.74) is 9.92. The van der Waals surface area contributed by atoms with Gasteiger partial charge >= 0.3 is 0 Å². The smallest absolute Gasteiger partial charge is 0.133 e. The van der Waals surface area contributed by atoms with E-state index in [9.17, 15) is 0 Å². The van der Waals surface area contributed by atoms with Crippen LogP contribution < -0.4 is 0 Å². The third-order valence-electron chi connectivity index (χ3n) is 8.70. The number of aryl methyl sites for hydroxylation is 20. The molecule has 10 aromatic heterocycles. The number of nitrogens with zero attached hydrogens (tertiary/aromatic N) is 15. The topological polar surface area (TPSA) is 180 Å². The molecule has 8 radical (unpaired) electrons. The number of aromatic nitrogens is 15. The largest absolute Gasteiger partial charge is 0.551 e. The van der Waals surface area contributed by atoms with Crippen molar-refractivity contribution in [1.29, 1.82) is 0 Å². The molecule has 28 heteroatoms. The second kappa shape index (κ2) is 56.7. The quantitative estimate of drug-likeness (QED) is 0.131. The van der Waals surface area contributed by atoms with Crippen molar-refractivity contribution in [2.45, 2.75) is 111 Å². The monoisotopic (exact) mass is 1730 g/mol. The van der Waals surface area contributed by atoms with Gasteiger partial charge in [-0.05, 0) is 60.7 Å². The second-order valence-electron chi connectivity index (χ2n) is 15.4. The molecule has 17 nitrogen and oxygen atoms in total. The molecule has 0 atom stereocenters. The van der Waals surface area contributed by atoms with Gasteiger partial charge in [-0.2, -0.15) is 10.9 Å². The average molecular weight is 1730 g/mol. The van der Waals surface area contributed by atoms with Crippen molar-refractivity contribution in [2.75, 3.05) is 0 Å². The molecule has 10 aromatic rings.